The molecule has 1 aromatic heterocycles. The number of hydrogen-bond donors (Lipinski definition) is 1. The van der Waals surface area contributed by atoms with E-state index >= 15 is 0 Å². The van der Waals surface area contributed by atoms with Crippen molar-refractivity contribution in [2.75, 3.05) is 6.54 Å². The molecule has 0 fully saturated rings. The summed E-state index contributed by atoms with van der Waals surface area (Å²) in [6, 6.07) is 9.87. The molecule has 2 aromatic rings. The van der Waals surface area contributed by atoms with Crippen molar-refractivity contribution < 1.29 is 9.32 Å². The van der Waals surface area contributed by atoms with Crippen molar-refractivity contribution in [2.24, 2.45) is 5.73 Å². The Kier molecular flexibility index (Phi) is 4.43. The molecule has 2 rings (SSSR count). The Morgan fingerprint density at radius 3 is 2.57 bits per heavy atom. The van der Waals surface area contributed by atoms with Crippen LogP contribution >= 0.6 is 0 Å². The molecule has 1 heterocycles. The predicted molar refractivity (Wildman–Crippen MR) is 80.6 cm³/mol. The third kappa shape index (κ3) is 3.49. The number of hydrogen-bond acceptors (Lipinski definition) is 4. The van der Waals surface area contributed by atoms with Crippen LogP contribution in [0.3, 0.4) is 0 Å². The summed E-state index contributed by atoms with van der Waals surface area (Å²) in [4.78, 5) is 14.4. The van der Waals surface area contributed by atoms with E-state index in [0.29, 0.717) is 24.3 Å². The SMILES string of the molecule is CCN(Cc1ccccc1)C(=O)c1conc1C(C)(C)N. The molecule has 0 saturated heterocycles. The lowest BCUT2D eigenvalue weighted by Crippen LogP contribution is -2.35. The van der Waals surface area contributed by atoms with Gasteiger partial charge in [-0.3, -0.25) is 4.79 Å². The van der Waals surface area contributed by atoms with Crippen LogP contribution in [0.4, 0.5) is 0 Å². The number of nitrogens with zero attached hydrogens (tertiary/aromatic N) is 2. The normalized spacial score (nSPS) is 11.4. The third-order valence-electron chi connectivity index (χ3n) is 3.30. The van der Waals surface area contributed by atoms with Crippen molar-refractivity contribution in [1.82, 2.24) is 10.1 Å². The van der Waals surface area contributed by atoms with Gasteiger partial charge < -0.3 is 15.2 Å². The van der Waals surface area contributed by atoms with Crippen LogP contribution in [0.1, 0.15) is 42.4 Å². The van der Waals surface area contributed by atoms with Gasteiger partial charge in [-0.05, 0) is 26.3 Å². The van der Waals surface area contributed by atoms with Crippen LogP contribution in [-0.2, 0) is 12.1 Å². The van der Waals surface area contributed by atoms with Crippen molar-refractivity contribution in [3.63, 3.8) is 0 Å². The lowest BCUT2D eigenvalue weighted by molar-refractivity contribution is 0.0749. The number of aromatic nitrogens is 1. The van der Waals surface area contributed by atoms with Crippen molar-refractivity contribution in [3.8, 4) is 0 Å². The van der Waals surface area contributed by atoms with Gasteiger partial charge in [0.1, 0.15) is 17.5 Å². The first-order valence-corrected chi connectivity index (χ1v) is 7.00. The fraction of sp³-hybridized carbons (Fsp3) is 0.375. The number of carbonyl (C=O) groups is 1. The highest BCUT2D eigenvalue weighted by Crippen LogP contribution is 2.21. The van der Waals surface area contributed by atoms with E-state index in [4.69, 9.17) is 10.3 Å². The molecule has 0 atom stereocenters. The predicted octanol–water partition coefficient (Wildman–Crippen LogP) is 2.53. The van der Waals surface area contributed by atoms with Gasteiger partial charge in [-0.25, -0.2) is 0 Å². The molecule has 0 aliphatic carbocycles. The van der Waals surface area contributed by atoms with E-state index < -0.39 is 5.54 Å². The summed E-state index contributed by atoms with van der Waals surface area (Å²) in [7, 11) is 0. The van der Waals surface area contributed by atoms with Crippen molar-refractivity contribution in [3.05, 3.63) is 53.4 Å². The van der Waals surface area contributed by atoms with Crippen molar-refractivity contribution in [2.45, 2.75) is 32.9 Å². The Morgan fingerprint density at radius 2 is 2.00 bits per heavy atom. The highest BCUT2D eigenvalue weighted by atomic mass is 16.5. The molecule has 5 nitrogen and oxygen atoms in total. The molecule has 0 bridgehead atoms. The van der Waals surface area contributed by atoms with Gasteiger partial charge in [-0.15, -0.1) is 0 Å². The lowest BCUT2D eigenvalue weighted by atomic mass is 9.98. The van der Waals surface area contributed by atoms with E-state index in [2.05, 4.69) is 5.16 Å². The van der Waals surface area contributed by atoms with Gasteiger partial charge in [-0.2, -0.15) is 0 Å². The summed E-state index contributed by atoms with van der Waals surface area (Å²) in [5, 5.41) is 3.88. The minimum atomic E-state index is -0.718. The van der Waals surface area contributed by atoms with Gasteiger partial charge in [-0.1, -0.05) is 35.5 Å². The van der Waals surface area contributed by atoms with Gasteiger partial charge in [0.15, 0.2) is 0 Å². The Labute approximate surface area is 124 Å². The maximum atomic E-state index is 12.7. The highest BCUT2D eigenvalue weighted by Gasteiger charge is 2.28. The van der Waals surface area contributed by atoms with Crippen LogP contribution in [0.25, 0.3) is 0 Å². The molecular formula is C16H21N3O2. The van der Waals surface area contributed by atoms with Gasteiger partial charge in [0, 0.05) is 13.1 Å². The Balaban J connectivity index is 2.23. The second-order valence-electron chi connectivity index (χ2n) is 5.60. The molecule has 1 amide bonds. The first-order valence-electron chi connectivity index (χ1n) is 7.00. The second kappa shape index (κ2) is 6.10. The van der Waals surface area contributed by atoms with Gasteiger partial charge in [0.05, 0.1) is 5.54 Å². The summed E-state index contributed by atoms with van der Waals surface area (Å²) in [6.45, 7) is 6.70. The maximum Gasteiger partial charge on any atom is 0.259 e. The number of rotatable bonds is 5. The lowest BCUT2D eigenvalue weighted by Gasteiger charge is -2.23. The molecule has 21 heavy (non-hydrogen) atoms. The smallest absolute Gasteiger partial charge is 0.259 e. The molecule has 0 aliphatic rings. The second-order valence-corrected chi connectivity index (χ2v) is 5.60. The number of carbonyl (C=O) groups excluding carboxylic acids is 1. The van der Waals surface area contributed by atoms with Crippen LogP contribution < -0.4 is 5.73 Å². The summed E-state index contributed by atoms with van der Waals surface area (Å²) in [5.41, 5.74) is 7.32. The topological polar surface area (TPSA) is 72.4 Å². The minimum Gasteiger partial charge on any atom is -0.364 e. The van der Waals surface area contributed by atoms with E-state index in [9.17, 15) is 4.79 Å². The Morgan fingerprint density at radius 1 is 1.33 bits per heavy atom. The minimum absolute atomic E-state index is 0.115. The summed E-state index contributed by atoms with van der Waals surface area (Å²) >= 11 is 0. The van der Waals surface area contributed by atoms with Crippen LogP contribution in [0, 0.1) is 0 Å². The van der Waals surface area contributed by atoms with Crippen molar-refractivity contribution in [1.29, 1.82) is 0 Å². The van der Waals surface area contributed by atoms with Crippen molar-refractivity contribution >= 4 is 5.91 Å². The zero-order chi connectivity index (χ0) is 15.5. The Bertz CT molecular complexity index is 599. The zero-order valence-corrected chi connectivity index (χ0v) is 12.7. The monoisotopic (exact) mass is 287 g/mol. The van der Waals surface area contributed by atoms with Gasteiger partial charge in [0.2, 0.25) is 0 Å². The highest BCUT2D eigenvalue weighted by molar-refractivity contribution is 5.95. The van der Waals surface area contributed by atoms with E-state index in [1.165, 1.54) is 6.26 Å². The summed E-state index contributed by atoms with van der Waals surface area (Å²) in [6.07, 6.45) is 1.37. The van der Waals surface area contributed by atoms with Crippen LogP contribution in [0.15, 0.2) is 41.1 Å². The van der Waals surface area contributed by atoms with E-state index in [1.807, 2.05) is 37.3 Å². The quantitative estimate of drug-likeness (QED) is 0.917. The molecule has 0 aliphatic heterocycles. The average Bonchev–Trinajstić information content (AvgIpc) is 2.94. The average molecular weight is 287 g/mol. The van der Waals surface area contributed by atoms with E-state index in [1.54, 1.807) is 18.7 Å². The molecule has 0 spiro atoms. The molecule has 0 radical (unpaired) electrons. The van der Waals surface area contributed by atoms with Crippen LogP contribution in [0.5, 0.6) is 0 Å². The molecule has 112 valence electrons. The Hall–Kier alpha value is -2.14. The molecule has 5 heteroatoms. The van der Waals surface area contributed by atoms with Crippen LogP contribution in [-0.4, -0.2) is 22.5 Å². The van der Waals surface area contributed by atoms with Gasteiger partial charge in [0.25, 0.3) is 5.91 Å². The fourth-order valence-electron chi connectivity index (χ4n) is 2.15. The zero-order valence-electron chi connectivity index (χ0n) is 12.7. The molecule has 1 aromatic carbocycles. The van der Waals surface area contributed by atoms with E-state index in [0.717, 1.165) is 5.56 Å². The molecule has 0 saturated carbocycles. The fourth-order valence-corrected chi connectivity index (χ4v) is 2.15. The number of benzene rings is 1. The maximum absolute atomic E-state index is 12.7. The standard InChI is InChI=1S/C16H21N3O2/c1-4-19(10-12-8-6-5-7-9-12)15(20)13-11-21-18-14(13)16(2,3)17/h5-9,11H,4,10,17H2,1-3H3. The third-order valence-corrected chi connectivity index (χ3v) is 3.30. The largest absolute Gasteiger partial charge is 0.364 e. The van der Waals surface area contributed by atoms with Gasteiger partial charge >= 0.3 is 0 Å². The number of amides is 1. The summed E-state index contributed by atoms with van der Waals surface area (Å²) < 4.78 is 4.96. The summed E-state index contributed by atoms with van der Waals surface area (Å²) in [5.74, 6) is -0.115. The molecule has 2 N–H and O–H groups in total. The molecule has 0 unspecified atom stereocenters. The molecular weight excluding hydrogens is 266 g/mol. The van der Waals surface area contributed by atoms with E-state index in [-0.39, 0.29) is 5.91 Å². The van der Waals surface area contributed by atoms with Crippen LogP contribution in [0.2, 0.25) is 0 Å². The first kappa shape index (κ1) is 15.3. The first-order chi connectivity index (χ1) is 9.93. The number of nitrogens with two attached hydrogens (primary N) is 1.